The summed E-state index contributed by atoms with van der Waals surface area (Å²) in [5.41, 5.74) is 13.8. The van der Waals surface area contributed by atoms with Gasteiger partial charge in [-0.25, -0.2) is 14.6 Å². The van der Waals surface area contributed by atoms with E-state index in [1.165, 1.54) is 0 Å². The van der Waals surface area contributed by atoms with Crippen LogP contribution in [-0.2, 0) is 4.79 Å². The van der Waals surface area contributed by atoms with Crippen LogP contribution >= 0.6 is 0 Å². The van der Waals surface area contributed by atoms with Gasteiger partial charge < -0.3 is 20.8 Å². The van der Waals surface area contributed by atoms with Crippen molar-refractivity contribution in [3.8, 4) is 11.5 Å². The fraction of sp³-hybridized carbons (Fsp3) is 0.0625. The predicted molar refractivity (Wildman–Crippen MR) is 90.3 cm³/mol. The second kappa shape index (κ2) is 5.71. The van der Waals surface area contributed by atoms with Crippen LogP contribution in [0.25, 0.3) is 22.6 Å². The van der Waals surface area contributed by atoms with Gasteiger partial charge in [-0.2, -0.15) is 0 Å². The van der Waals surface area contributed by atoms with E-state index in [1.54, 1.807) is 22.9 Å². The molecule has 1 atom stereocenters. The number of anilines is 2. The highest BCUT2D eigenvalue weighted by atomic mass is 16.6. The number of pyridine rings is 1. The molecule has 4 rings (SSSR count). The molecule has 1 aromatic carbocycles. The molecule has 9 nitrogen and oxygen atoms in total. The first-order chi connectivity index (χ1) is 12.2. The minimum Gasteiger partial charge on any atom is -0.384 e. The number of nitrogens with two attached hydrogens (primary N) is 2. The highest BCUT2D eigenvalue weighted by Gasteiger charge is 2.25. The zero-order valence-electron chi connectivity index (χ0n) is 12.9. The van der Waals surface area contributed by atoms with Crippen molar-refractivity contribution in [1.29, 1.82) is 0 Å². The van der Waals surface area contributed by atoms with Crippen molar-refractivity contribution in [3.05, 3.63) is 48.2 Å². The molecule has 0 aliphatic rings. The standard InChI is InChI=1S/C16H13N7O2/c17-13-6-5-9(7-19-13)12(8-24)23-11-4-2-1-3-10(11)20-16(23)14-15(18)22-25-21-14/h1-8,12H,(H2,17,19)(H2,18,22). The quantitative estimate of drug-likeness (QED) is 0.534. The lowest BCUT2D eigenvalue weighted by atomic mass is 10.1. The molecule has 0 saturated heterocycles. The predicted octanol–water partition coefficient (Wildman–Crippen LogP) is 1.43. The van der Waals surface area contributed by atoms with Gasteiger partial charge >= 0.3 is 0 Å². The third-order valence-electron chi connectivity index (χ3n) is 3.88. The molecule has 4 aromatic rings. The van der Waals surface area contributed by atoms with Crippen LogP contribution in [0.4, 0.5) is 11.6 Å². The number of imidazole rings is 1. The topological polar surface area (TPSA) is 139 Å². The lowest BCUT2D eigenvalue weighted by Crippen LogP contribution is -2.14. The summed E-state index contributed by atoms with van der Waals surface area (Å²) in [5, 5.41) is 7.42. The Morgan fingerprint density at radius 1 is 1.12 bits per heavy atom. The lowest BCUT2D eigenvalue weighted by molar-refractivity contribution is -0.109. The zero-order chi connectivity index (χ0) is 17.4. The van der Waals surface area contributed by atoms with E-state index in [4.69, 9.17) is 11.5 Å². The fourth-order valence-electron chi connectivity index (χ4n) is 2.72. The van der Waals surface area contributed by atoms with E-state index in [0.717, 1.165) is 11.8 Å². The molecule has 0 fully saturated rings. The van der Waals surface area contributed by atoms with Crippen molar-refractivity contribution in [2.45, 2.75) is 6.04 Å². The van der Waals surface area contributed by atoms with Crippen LogP contribution in [0.15, 0.2) is 47.2 Å². The Bertz CT molecular complexity index is 1050. The number of fused-ring (bicyclic) bond motifs is 1. The molecule has 4 N–H and O–H groups in total. The summed E-state index contributed by atoms with van der Waals surface area (Å²) in [6.45, 7) is 0. The Labute approximate surface area is 141 Å². The van der Waals surface area contributed by atoms with Gasteiger partial charge in [-0.05, 0) is 28.5 Å². The summed E-state index contributed by atoms with van der Waals surface area (Å²) in [5.74, 6) is 0.847. The smallest absolute Gasteiger partial charge is 0.199 e. The molecule has 0 saturated carbocycles. The Kier molecular flexibility index (Phi) is 3.38. The third-order valence-corrected chi connectivity index (χ3v) is 3.88. The van der Waals surface area contributed by atoms with Crippen LogP contribution < -0.4 is 11.5 Å². The summed E-state index contributed by atoms with van der Waals surface area (Å²) >= 11 is 0. The Morgan fingerprint density at radius 2 is 1.96 bits per heavy atom. The van der Waals surface area contributed by atoms with Crippen LogP contribution in [0.3, 0.4) is 0 Å². The van der Waals surface area contributed by atoms with Gasteiger partial charge in [0.25, 0.3) is 0 Å². The van der Waals surface area contributed by atoms with Gasteiger partial charge in [0.2, 0.25) is 0 Å². The zero-order valence-corrected chi connectivity index (χ0v) is 12.9. The highest BCUT2D eigenvalue weighted by molar-refractivity contribution is 5.84. The molecule has 0 radical (unpaired) electrons. The number of rotatable bonds is 4. The van der Waals surface area contributed by atoms with Gasteiger partial charge in [0, 0.05) is 11.8 Å². The van der Waals surface area contributed by atoms with Gasteiger partial charge in [0.1, 0.15) is 18.1 Å². The van der Waals surface area contributed by atoms with Crippen molar-refractivity contribution < 1.29 is 9.42 Å². The monoisotopic (exact) mass is 335 g/mol. The number of carbonyl (C=O) groups is 1. The number of para-hydroxylation sites is 2. The average Bonchev–Trinajstić information content (AvgIpc) is 3.21. The number of hydrogen-bond donors (Lipinski definition) is 2. The van der Waals surface area contributed by atoms with Crippen molar-refractivity contribution in [2.24, 2.45) is 0 Å². The maximum atomic E-state index is 11.9. The first kappa shape index (κ1) is 14.8. The molecule has 0 bridgehead atoms. The summed E-state index contributed by atoms with van der Waals surface area (Å²) in [7, 11) is 0. The van der Waals surface area contributed by atoms with Crippen molar-refractivity contribution in [2.75, 3.05) is 11.5 Å². The number of nitrogen functional groups attached to an aromatic ring is 2. The molecular formula is C16H13N7O2. The van der Waals surface area contributed by atoms with Gasteiger partial charge in [-0.1, -0.05) is 18.2 Å². The van der Waals surface area contributed by atoms with Gasteiger partial charge in [0.15, 0.2) is 17.3 Å². The number of benzene rings is 1. The van der Waals surface area contributed by atoms with Crippen molar-refractivity contribution in [1.82, 2.24) is 24.8 Å². The van der Waals surface area contributed by atoms with Crippen LogP contribution in [0, 0.1) is 0 Å². The van der Waals surface area contributed by atoms with Crippen LogP contribution in [-0.4, -0.2) is 31.1 Å². The molecule has 124 valence electrons. The number of nitrogens with zero attached hydrogens (tertiary/aromatic N) is 5. The summed E-state index contributed by atoms with van der Waals surface area (Å²) < 4.78 is 6.42. The molecule has 9 heteroatoms. The molecule has 0 amide bonds. The van der Waals surface area contributed by atoms with E-state index in [-0.39, 0.29) is 11.5 Å². The molecular weight excluding hydrogens is 322 g/mol. The van der Waals surface area contributed by atoms with E-state index in [1.807, 2.05) is 24.3 Å². The summed E-state index contributed by atoms with van der Waals surface area (Å²) in [6, 6.07) is 10.1. The van der Waals surface area contributed by atoms with E-state index >= 15 is 0 Å². The molecule has 0 aliphatic carbocycles. The number of aromatic nitrogens is 5. The maximum Gasteiger partial charge on any atom is 0.199 e. The van der Waals surface area contributed by atoms with Crippen LogP contribution in [0.2, 0.25) is 0 Å². The minimum absolute atomic E-state index is 0.0941. The normalized spacial score (nSPS) is 12.3. The third kappa shape index (κ3) is 2.38. The second-order valence-electron chi connectivity index (χ2n) is 5.39. The Morgan fingerprint density at radius 3 is 2.64 bits per heavy atom. The first-order valence-electron chi connectivity index (χ1n) is 7.41. The maximum absolute atomic E-state index is 11.9. The van der Waals surface area contributed by atoms with E-state index in [2.05, 4.69) is 24.9 Å². The molecule has 0 spiro atoms. The Hall–Kier alpha value is -3.75. The largest absolute Gasteiger partial charge is 0.384 e. The van der Waals surface area contributed by atoms with Crippen molar-refractivity contribution in [3.63, 3.8) is 0 Å². The van der Waals surface area contributed by atoms with E-state index < -0.39 is 6.04 Å². The number of carbonyl (C=O) groups excluding carboxylic acids is 1. The van der Waals surface area contributed by atoms with Crippen LogP contribution in [0.1, 0.15) is 11.6 Å². The van der Waals surface area contributed by atoms with Crippen molar-refractivity contribution >= 4 is 29.0 Å². The summed E-state index contributed by atoms with van der Waals surface area (Å²) in [4.78, 5) is 20.5. The average molecular weight is 335 g/mol. The fourth-order valence-corrected chi connectivity index (χ4v) is 2.72. The molecule has 0 aliphatic heterocycles. The lowest BCUT2D eigenvalue weighted by Gasteiger charge is -2.16. The first-order valence-corrected chi connectivity index (χ1v) is 7.41. The minimum atomic E-state index is -0.688. The van der Waals surface area contributed by atoms with E-state index in [9.17, 15) is 4.79 Å². The summed E-state index contributed by atoms with van der Waals surface area (Å²) in [6.07, 6.45) is 2.35. The SMILES string of the molecule is Nc1ccc(C(C=O)n2c(-c3nonc3N)nc3ccccc32)cn1. The van der Waals surface area contributed by atoms with E-state index in [0.29, 0.717) is 22.7 Å². The second-order valence-corrected chi connectivity index (χ2v) is 5.39. The number of hydrogen-bond acceptors (Lipinski definition) is 8. The van der Waals surface area contributed by atoms with Gasteiger partial charge in [-0.3, -0.25) is 0 Å². The highest BCUT2D eigenvalue weighted by Crippen LogP contribution is 2.31. The molecule has 3 heterocycles. The van der Waals surface area contributed by atoms with Gasteiger partial charge in [-0.15, -0.1) is 0 Å². The molecule has 25 heavy (non-hydrogen) atoms. The number of aldehydes is 1. The Balaban J connectivity index is 2.00. The van der Waals surface area contributed by atoms with Gasteiger partial charge in [0.05, 0.1) is 11.0 Å². The molecule has 3 aromatic heterocycles. The van der Waals surface area contributed by atoms with Crippen LogP contribution in [0.5, 0.6) is 0 Å². The molecule has 1 unspecified atom stereocenters.